The Balaban J connectivity index is 1.13. The number of likely N-dealkylation sites (tertiary alicyclic amines) is 2. The van der Waals surface area contributed by atoms with Gasteiger partial charge in [-0.15, -0.1) is 0 Å². The highest BCUT2D eigenvalue weighted by Gasteiger charge is 2.45. The van der Waals surface area contributed by atoms with E-state index in [1.54, 1.807) is 0 Å². The summed E-state index contributed by atoms with van der Waals surface area (Å²) in [6.45, 7) is 9.25. The summed E-state index contributed by atoms with van der Waals surface area (Å²) in [5.41, 5.74) is 3.25. The molecule has 2 bridgehead atoms. The van der Waals surface area contributed by atoms with E-state index in [0.717, 1.165) is 35.6 Å². The van der Waals surface area contributed by atoms with Crippen molar-refractivity contribution in [3.8, 4) is 0 Å². The zero-order valence-electron chi connectivity index (χ0n) is 21.5. The Morgan fingerprint density at radius 3 is 2.49 bits per heavy atom. The number of nitrogens with zero attached hydrogens (tertiary/aromatic N) is 5. The first-order chi connectivity index (χ1) is 17.8. The summed E-state index contributed by atoms with van der Waals surface area (Å²) >= 11 is 0. The van der Waals surface area contributed by atoms with Crippen molar-refractivity contribution in [1.82, 2.24) is 24.4 Å². The SMILES string of the molecule is C=C(F)C(=O)N1CCC(OC(=O)N2CC3CCC(C2)C3Nc2cc(C3CC3)nc3c(C(C)C)cnn23)C1. The highest BCUT2D eigenvalue weighted by molar-refractivity contribution is 5.90. The van der Waals surface area contributed by atoms with Crippen molar-refractivity contribution >= 4 is 23.5 Å². The highest BCUT2D eigenvalue weighted by Crippen LogP contribution is 2.42. The van der Waals surface area contributed by atoms with Crippen molar-refractivity contribution in [2.45, 2.75) is 69.9 Å². The van der Waals surface area contributed by atoms with E-state index in [0.29, 0.717) is 49.7 Å². The second kappa shape index (κ2) is 9.29. The Hall–Kier alpha value is -3.17. The van der Waals surface area contributed by atoms with Gasteiger partial charge in [0.15, 0.2) is 11.5 Å². The zero-order valence-corrected chi connectivity index (χ0v) is 21.5. The van der Waals surface area contributed by atoms with Gasteiger partial charge in [-0.05, 0) is 43.4 Å². The Morgan fingerprint density at radius 1 is 1.11 bits per heavy atom. The molecule has 10 heteroatoms. The van der Waals surface area contributed by atoms with E-state index in [4.69, 9.17) is 9.72 Å². The van der Waals surface area contributed by atoms with Crippen LogP contribution in [0.25, 0.3) is 5.65 Å². The molecule has 37 heavy (non-hydrogen) atoms. The van der Waals surface area contributed by atoms with Crippen LogP contribution in [-0.2, 0) is 9.53 Å². The third-order valence-corrected chi connectivity index (χ3v) is 8.47. The van der Waals surface area contributed by atoms with Crippen LogP contribution in [0.4, 0.5) is 15.0 Å². The van der Waals surface area contributed by atoms with E-state index in [-0.39, 0.29) is 18.7 Å². The minimum atomic E-state index is -0.982. The number of amides is 2. The molecule has 4 fully saturated rings. The largest absolute Gasteiger partial charge is 0.444 e. The van der Waals surface area contributed by atoms with E-state index >= 15 is 0 Å². The van der Waals surface area contributed by atoms with Crippen molar-refractivity contribution in [3.05, 3.63) is 35.9 Å². The second-order valence-electron chi connectivity index (χ2n) is 11.5. The minimum absolute atomic E-state index is 0.210. The number of fused-ring (bicyclic) bond motifs is 3. The van der Waals surface area contributed by atoms with Crippen LogP contribution in [0.2, 0.25) is 0 Å². The molecular formula is C27H35FN6O3. The predicted molar refractivity (Wildman–Crippen MR) is 136 cm³/mol. The maximum atomic E-state index is 13.2. The Morgan fingerprint density at radius 2 is 1.84 bits per heavy atom. The van der Waals surface area contributed by atoms with E-state index in [9.17, 15) is 14.0 Å². The van der Waals surface area contributed by atoms with Gasteiger partial charge in [0.1, 0.15) is 11.9 Å². The fourth-order valence-electron chi connectivity index (χ4n) is 6.27. The molecule has 2 saturated carbocycles. The molecule has 0 aromatic carbocycles. The van der Waals surface area contributed by atoms with Crippen LogP contribution in [0.5, 0.6) is 0 Å². The van der Waals surface area contributed by atoms with Gasteiger partial charge >= 0.3 is 6.09 Å². The van der Waals surface area contributed by atoms with Crippen LogP contribution < -0.4 is 5.32 Å². The number of aromatic nitrogens is 3. The molecule has 3 atom stereocenters. The van der Waals surface area contributed by atoms with Crippen LogP contribution in [0, 0.1) is 11.8 Å². The topological polar surface area (TPSA) is 92.1 Å². The number of rotatable bonds is 6. The number of hydrogen-bond donors (Lipinski definition) is 1. The van der Waals surface area contributed by atoms with E-state index in [1.165, 1.54) is 17.7 Å². The summed E-state index contributed by atoms with van der Waals surface area (Å²) in [6, 6.07) is 2.42. The minimum Gasteiger partial charge on any atom is -0.444 e. The number of carbonyl (C=O) groups is 2. The fraction of sp³-hybridized carbons (Fsp3) is 0.630. The normalized spacial score (nSPS) is 27.2. The van der Waals surface area contributed by atoms with E-state index in [2.05, 4.69) is 36.9 Å². The Kier molecular flexibility index (Phi) is 6.07. The molecule has 198 valence electrons. The van der Waals surface area contributed by atoms with Crippen molar-refractivity contribution in [2.75, 3.05) is 31.5 Å². The molecular weight excluding hydrogens is 475 g/mol. The van der Waals surface area contributed by atoms with Gasteiger partial charge < -0.3 is 19.9 Å². The first-order valence-electron chi connectivity index (χ1n) is 13.5. The van der Waals surface area contributed by atoms with Gasteiger partial charge in [-0.25, -0.2) is 14.2 Å². The fourth-order valence-corrected chi connectivity index (χ4v) is 6.27. The van der Waals surface area contributed by atoms with Crippen LogP contribution in [0.3, 0.4) is 0 Å². The number of hydrogen-bond acceptors (Lipinski definition) is 6. The van der Waals surface area contributed by atoms with Gasteiger partial charge in [-0.3, -0.25) is 4.79 Å². The van der Waals surface area contributed by atoms with Crippen LogP contribution >= 0.6 is 0 Å². The molecule has 2 saturated heterocycles. The number of nitrogens with one attached hydrogen (secondary N) is 1. The number of carbonyl (C=O) groups excluding carboxylic acids is 2. The molecule has 4 aliphatic rings. The maximum Gasteiger partial charge on any atom is 0.410 e. The first kappa shape index (κ1) is 24.2. The molecule has 3 unspecified atom stereocenters. The quantitative estimate of drug-likeness (QED) is 0.589. The molecule has 2 aromatic heterocycles. The molecule has 0 radical (unpaired) electrons. The average molecular weight is 511 g/mol. The van der Waals surface area contributed by atoms with Crippen molar-refractivity contribution < 1.29 is 18.7 Å². The molecule has 9 nitrogen and oxygen atoms in total. The molecule has 6 rings (SSSR count). The lowest BCUT2D eigenvalue weighted by Gasteiger charge is -2.38. The molecule has 1 N–H and O–H groups in total. The molecule has 2 aliphatic carbocycles. The van der Waals surface area contributed by atoms with Gasteiger partial charge in [0.05, 0.1) is 12.7 Å². The first-order valence-corrected chi connectivity index (χ1v) is 13.5. The van der Waals surface area contributed by atoms with Crippen LogP contribution in [-0.4, -0.2) is 74.7 Å². The summed E-state index contributed by atoms with van der Waals surface area (Å²) in [5, 5.41) is 8.49. The summed E-state index contributed by atoms with van der Waals surface area (Å²) in [7, 11) is 0. The van der Waals surface area contributed by atoms with Crippen molar-refractivity contribution in [1.29, 1.82) is 0 Å². The Bertz CT molecular complexity index is 1230. The average Bonchev–Trinajstić information content (AvgIpc) is 3.39. The predicted octanol–water partition coefficient (Wildman–Crippen LogP) is 4.07. The lowest BCUT2D eigenvalue weighted by atomic mass is 9.92. The smallest absolute Gasteiger partial charge is 0.410 e. The highest BCUT2D eigenvalue weighted by atomic mass is 19.1. The van der Waals surface area contributed by atoms with Crippen molar-refractivity contribution in [3.63, 3.8) is 0 Å². The number of anilines is 1. The summed E-state index contributed by atoms with van der Waals surface area (Å²) in [5.74, 6) is 0.797. The lowest BCUT2D eigenvalue weighted by molar-refractivity contribution is -0.128. The zero-order chi connectivity index (χ0) is 25.8. The number of piperidine rings is 1. The van der Waals surface area contributed by atoms with Gasteiger partial charge in [0, 0.05) is 55.3 Å². The molecule has 2 aliphatic heterocycles. The molecule has 2 aromatic rings. The third kappa shape index (κ3) is 4.55. The molecule has 2 amide bonds. The monoisotopic (exact) mass is 510 g/mol. The maximum absolute atomic E-state index is 13.2. The summed E-state index contributed by atoms with van der Waals surface area (Å²) in [4.78, 5) is 32.9. The second-order valence-corrected chi connectivity index (χ2v) is 11.5. The van der Waals surface area contributed by atoms with Gasteiger partial charge in [0.25, 0.3) is 5.91 Å². The van der Waals surface area contributed by atoms with Gasteiger partial charge in [0.2, 0.25) is 0 Å². The lowest BCUT2D eigenvalue weighted by Crippen LogP contribution is -2.51. The third-order valence-electron chi connectivity index (χ3n) is 8.47. The molecule has 4 heterocycles. The standard InChI is InChI=1S/C27H35FN6O3/c1-15(2)21-11-29-34-23(10-22(17-4-5-17)30-25(21)34)31-24-18-6-7-19(24)13-33(12-18)27(36)37-20-8-9-32(14-20)26(35)16(3)28/h10-11,15,17-20,24,31H,3-9,12-14H2,1-2H3. The Labute approximate surface area is 216 Å². The van der Waals surface area contributed by atoms with Gasteiger partial charge in [-0.1, -0.05) is 20.4 Å². The van der Waals surface area contributed by atoms with E-state index in [1.807, 2.05) is 15.6 Å². The molecule has 0 spiro atoms. The van der Waals surface area contributed by atoms with Crippen LogP contribution in [0.1, 0.15) is 69.0 Å². The number of ether oxygens (including phenoxy) is 1. The number of halogens is 1. The van der Waals surface area contributed by atoms with Crippen LogP contribution in [0.15, 0.2) is 24.7 Å². The van der Waals surface area contributed by atoms with Crippen molar-refractivity contribution in [2.24, 2.45) is 11.8 Å². The van der Waals surface area contributed by atoms with Gasteiger partial charge in [-0.2, -0.15) is 9.61 Å². The summed E-state index contributed by atoms with van der Waals surface area (Å²) in [6.07, 6.45) is 6.18. The van der Waals surface area contributed by atoms with E-state index < -0.39 is 17.8 Å². The summed E-state index contributed by atoms with van der Waals surface area (Å²) < 4.78 is 20.8.